The van der Waals surface area contributed by atoms with Crippen LogP contribution in [0, 0.1) is 0 Å². The van der Waals surface area contributed by atoms with Gasteiger partial charge in [-0.3, -0.25) is 9.69 Å². The summed E-state index contributed by atoms with van der Waals surface area (Å²) in [6, 6.07) is 5.19. The van der Waals surface area contributed by atoms with Gasteiger partial charge in [0.1, 0.15) is 5.82 Å². The van der Waals surface area contributed by atoms with Crippen molar-refractivity contribution in [3.63, 3.8) is 0 Å². The summed E-state index contributed by atoms with van der Waals surface area (Å²) in [7, 11) is 1.99. The Balaban J connectivity index is 1.60. The number of benzene rings is 1. The highest BCUT2D eigenvalue weighted by Crippen LogP contribution is 2.26. The lowest BCUT2D eigenvalue weighted by molar-refractivity contribution is -0.116. The van der Waals surface area contributed by atoms with Gasteiger partial charge in [-0.1, -0.05) is 23.2 Å². The first-order valence-corrected chi connectivity index (χ1v) is 8.97. The Kier molecular flexibility index (Phi) is 5.96. The molecule has 1 aliphatic rings. The Morgan fingerprint density at radius 1 is 1.44 bits per heavy atom. The Morgan fingerprint density at radius 2 is 2.28 bits per heavy atom. The minimum atomic E-state index is -0.0821. The van der Waals surface area contributed by atoms with Gasteiger partial charge in [0.05, 0.1) is 16.8 Å². The molecule has 0 aliphatic carbocycles. The molecule has 0 spiro atoms. The zero-order valence-corrected chi connectivity index (χ0v) is 15.5. The van der Waals surface area contributed by atoms with Crippen molar-refractivity contribution in [2.45, 2.75) is 12.5 Å². The molecule has 1 fully saturated rings. The van der Waals surface area contributed by atoms with Crippen molar-refractivity contribution >= 4 is 34.8 Å². The fourth-order valence-electron chi connectivity index (χ4n) is 3.02. The molecule has 2 aromatic rings. The molecule has 25 heavy (non-hydrogen) atoms. The molecule has 2 heterocycles. The van der Waals surface area contributed by atoms with Gasteiger partial charge in [0.2, 0.25) is 5.91 Å². The Bertz CT molecular complexity index is 748. The lowest BCUT2D eigenvalue weighted by atomic mass is 10.1. The second kappa shape index (κ2) is 8.19. The number of imidazole rings is 1. The number of hydrogen-bond acceptors (Lipinski definition) is 4. The van der Waals surface area contributed by atoms with Crippen LogP contribution in [0.5, 0.6) is 0 Å². The van der Waals surface area contributed by atoms with Crippen LogP contribution in [0.2, 0.25) is 10.0 Å². The quantitative estimate of drug-likeness (QED) is 0.835. The summed E-state index contributed by atoms with van der Waals surface area (Å²) in [5.74, 6) is 0.923. The number of anilines is 1. The molecule has 0 bridgehead atoms. The average molecular weight is 382 g/mol. The molecular formula is C17H21Cl2N5O. The van der Waals surface area contributed by atoms with Crippen LogP contribution in [0.1, 0.15) is 18.3 Å². The maximum Gasteiger partial charge on any atom is 0.225 e. The van der Waals surface area contributed by atoms with Crippen molar-refractivity contribution < 1.29 is 4.79 Å². The van der Waals surface area contributed by atoms with Gasteiger partial charge in [0, 0.05) is 57.1 Å². The highest BCUT2D eigenvalue weighted by molar-refractivity contribution is 6.35. The first-order chi connectivity index (χ1) is 12.0. The van der Waals surface area contributed by atoms with Crippen molar-refractivity contribution in [1.82, 2.24) is 19.8 Å². The maximum atomic E-state index is 12.3. The summed E-state index contributed by atoms with van der Waals surface area (Å²) in [4.78, 5) is 19.0. The van der Waals surface area contributed by atoms with Crippen molar-refractivity contribution in [3.8, 4) is 0 Å². The molecule has 1 aliphatic heterocycles. The number of hydrogen-bond donors (Lipinski definition) is 2. The van der Waals surface area contributed by atoms with Crippen LogP contribution >= 0.6 is 23.2 Å². The molecule has 3 rings (SSSR count). The van der Waals surface area contributed by atoms with Crippen molar-refractivity contribution in [2.75, 3.05) is 31.5 Å². The van der Waals surface area contributed by atoms with Crippen molar-refractivity contribution in [3.05, 3.63) is 46.5 Å². The number of nitrogens with one attached hydrogen (secondary N) is 2. The van der Waals surface area contributed by atoms with Crippen molar-refractivity contribution in [1.29, 1.82) is 0 Å². The molecular weight excluding hydrogens is 361 g/mol. The van der Waals surface area contributed by atoms with Crippen LogP contribution in [-0.4, -0.2) is 46.5 Å². The number of rotatable bonds is 5. The largest absolute Gasteiger partial charge is 0.337 e. The molecule has 1 aromatic carbocycles. The van der Waals surface area contributed by atoms with Gasteiger partial charge >= 0.3 is 0 Å². The van der Waals surface area contributed by atoms with Crippen LogP contribution in [0.4, 0.5) is 5.69 Å². The van der Waals surface area contributed by atoms with Gasteiger partial charge in [-0.15, -0.1) is 0 Å². The van der Waals surface area contributed by atoms with E-state index in [1.807, 2.05) is 17.8 Å². The molecule has 1 aromatic heterocycles. The highest BCUT2D eigenvalue weighted by atomic mass is 35.5. The molecule has 8 heteroatoms. The highest BCUT2D eigenvalue weighted by Gasteiger charge is 2.26. The summed E-state index contributed by atoms with van der Waals surface area (Å²) in [6.07, 6.45) is 4.12. The minimum absolute atomic E-state index is 0.0821. The van der Waals surface area contributed by atoms with Crippen molar-refractivity contribution in [2.24, 2.45) is 7.05 Å². The predicted molar refractivity (Wildman–Crippen MR) is 100 cm³/mol. The second-order valence-corrected chi connectivity index (χ2v) is 6.92. The third-order valence-electron chi connectivity index (χ3n) is 4.34. The average Bonchev–Trinajstić information content (AvgIpc) is 3.02. The Morgan fingerprint density at radius 3 is 3.04 bits per heavy atom. The van der Waals surface area contributed by atoms with E-state index in [0.717, 1.165) is 25.5 Å². The number of carbonyl (C=O) groups is 1. The Labute approximate surface area is 157 Å². The van der Waals surface area contributed by atoms with E-state index in [9.17, 15) is 4.79 Å². The molecule has 6 nitrogen and oxygen atoms in total. The van der Waals surface area contributed by atoms with Crippen LogP contribution in [0.15, 0.2) is 30.6 Å². The zero-order valence-electron chi connectivity index (χ0n) is 14.0. The number of halogens is 2. The predicted octanol–water partition coefficient (Wildman–Crippen LogP) is 2.70. The van der Waals surface area contributed by atoms with Gasteiger partial charge in [0.25, 0.3) is 0 Å². The summed E-state index contributed by atoms with van der Waals surface area (Å²) in [5.41, 5.74) is 0.542. The number of carbonyl (C=O) groups excluding carboxylic acids is 1. The van der Waals surface area contributed by atoms with Gasteiger partial charge in [-0.25, -0.2) is 4.98 Å². The number of aromatic nitrogens is 2. The second-order valence-electron chi connectivity index (χ2n) is 6.07. The first kappa shape index (κ1) is 18.2. The van der Waals surface area contributed by atoms with Gasteiger partial charge in [0.15, 0.2) is 0 Å². The Hall–Kier alpha value is -1.60. The molecule has 1 atom stereocenters. The summed E-state index contributed by atoms with van der Waals surface area (Å²) in [6.45, 7) is 3.27. The molecule has 2 N–H and O–H groups in total. The monoisotopic (exact) mass is 381 g/mol. The number of piperazine rings is 1. The van der Waals surface area contributed by atoms with E-state index in [1.54, 1.807) is 24.4 Å². The molecule has 134 valence electrons. The molecule has 0 saturated carbocycles. The number of amides is 1. The van der Waals surface area contributed by atoms with Gasteiger partial charge in [-0.2, -0.15) is 0 Å². The lowest BCUT2D eigenvalue weighted by Crippen LogP contribution is -2.47. The number of nitrogens with zero attached hydrogens (tertiary/aromatic N) is 3. The zero-order chi connectivity index (χ0) is 17.8. The molecule has 1 amide bonds. The van der Waals surface area contributed by atoms with Crippen LogP contribution in [0.25, 0.3) is 0 Å². The van der Waals surface area contributed by atoms with E-state index in [0.29, 0.717) is 28.7 Å². The van der Waals surface area contributed by atoms with Gasteiger partial charge in [-0.05, 0) is 18.2 Å². The standard InChI is InChI=1S/C17H21Cl2N5O/c1-23-8-6-21-17(23)15-11-20-5-9-24(15)7-4-16(25)22-14-10-12(18)2-3-13(14)19/h2-3,6,8,10,15,20H,4-5,7,9,11H2,1H3,(H,22,25). The fraction of sp³-hybridized carbons (Fsp3) is 0.412. The minimum Gasteiger partial charge on any atom is -0.337 e. The van der Waals surface area contributed by atoms with Crippen LogP contribution in [0.3, 0.4) is 0 Å². The topological polar surface area (TPSA) is 62.2 Å². The van der Waals surface area contributed by atoms with Gasteiger partial charge < -0.3 is 15.2 Å². The van der Waals surface area contributed by atoms with E-state index >= 15 is 0 Å². The molecule has 1 unspecified atom stereocenters. The summed E-state index contributed by atoms with van der Waals surface area (Å²) >= 11 is 12.0. The van der Waals surface area contributed by atoms with E-state index in [4.69, 9.17) is 23.2 Å². The van der Waals surface area contributed by atoms with E-state index in [2.05, 4.69) is 20.5 Å². The van der Waals surface area contributed by atoms with E-state index < -0.39 is 0 Å². The molecule has 0 radical (unpaired) electrons. The number of aryl methyl sites for hydroxylation is 1. The molecule has 1 saturated heterocycles. The third kappa shape index (κ3) is 4.52. The van der Waals surface area contributed by atoms with E-state index in [-0.39, 0.29) is 11.9 Å². The van der Waals surface area contributed by atoms with Crippen LogP contribution < -0.4 is 10.6 Å². The lowest BCUT2D eigenvalue weighted by Gasteiger charge is -2.35. The SMILES string of the molecule is Cn1ccnc1C1CNCCN1CCC(=O)Nc1cc(Cl)ccc1Cl. The summed E-state index contributed by atoms with van der Waals surface area (Å²) in [5, 5.41) is 7.24. The third-order valence-corrected chi connectivity index (χ3v) is 4.90. The smallest absolute Gasteiger partial charge is 0.225 e. The summed E-state index contributed by atoms with van der Waals surface area (Å²) < 4.78 is 2.02. The fourth-order valence-corrected chi connectivity index (χ4v) is 3.35. The van der Waals surface area contributed by atoms with E-state index in [1.165, 1.54) is 0 Å². The normalized spacial score (nSPS) is 18.3. The first-order valence-electron chi connectivity index (χ1n) is 8.21. The maximum absolute atomic E-state index is 12.3. The van der Waals surface area contributed by atoms with Crippen LogP contribution in [-0.2, 0) is 11.8 Å².